The molecule has 0 aromatic carbocycles. The molecule has 1 aliphatic heterocycles. The summed E-state index contributed by atoms with van der Waals surface area (Å²) in [5.41, 5.74) is 10.8. The quantitative estimate of drug-likeness (QED) is 0.159. The molecule has 2 aliphatic rings. The monoisotopic (exact) mass is 505 g/mol. The Morgan fingerprint density at radius 1 is 1.06 bits per heavy atom. The van der Waals surface area contributed by atoms with Crippen molar-refractivity contribution in [1.82, 2.24) is 0 Å². The number of Topliss-reactive ketones (excluding diaryl/α,β-unsaturated/α-hetero) is 1. The van der Waals surface area contributed by atoms with Gasteiger partial charge in [0, 0.05) is 12.5 Å². The maximum Gasteiger partial charge on any atom is 0.163 e. The van der Waals surface area contributed by atoms with E-state index in [0.29, 0.717) is 25.2 Å². The van der Waals surface area contributed by atoms with Crippen LogP contribution >= 0.6 is 0 Å². The van der Waals surface area contributed by atoms with Crippen LogP contribution in [0.2, 0.25) is 0 Å². The molecule has 1 heterocycles. The maximum atomic E-state index is 10.7. The zero-order valence-corrected chi connectivity index (χ0v) is 21.5. The Morgan fingerprint density at radius 3 is 2.17 bits per heavy atom. The fraction of sp³-hybridized carbons (Fsp3) is 0.920. The van der Waals surface area contributed by atoms with Crippen LogP contribution in [0.15, 0.2) is 4.99 Å². The van der Waals surface area contributed by atoms with Crippen LogP contribution in [0.1, 0.15) is 74.7 Å². The summed E-state index contributed by atoms with van der Waals surface area (Å²) in [5.74, 6) is 0.294. The van der Waals surface area contributed by atoms with E-state index in [0.717, 1.165) is 12.8 Å². The zero-order valence-electron chi connectivity index (χ0n) is 21.5. The minimum atomic E-state index is -0.974. The molecule has 11 atom stereocenters. The Kier molecular flexibility index (Phi) is 15.3. The van der Waals surface area contributed by atoms with Crippen molar-refractivity contribution in [3.05, 3.63) is 0 Å². The third-order valence-electron chi connectivity index (χ3n) is 6.83. The van der Waals surface area contributed by atoms with Crippen molar-refractivity contribution in [3.63, 3.8) is 0 Å². The molecule has 0 spiro atoms. The van der Waals surface area contributed by atoms with Crippen LogP contribution in [0.25, 0.3) is 0 Å². The lowest BCUT2D eigenvalue weighted by atomic mass is 9.77. The molecule has 0 aromatic heterocycles. The molecule has 0 aromatic rings. The minimum absolute atomic E-state index is 0. The third-order valence-corrected chi connectivity index (χ3v) is 6.83. The van der Waals surface area contributed by atoms with Crippen LogP contribution in [-0.4, -0.2) is 87.5 Å². The standard InChI is InChI=1S/C16H30O6.C8H17N3O.CH4/c1-5-10-13(19)12(18)9(4)16(21-10)22-15-8(3)6-7(2)11(17)14(15)20;1-6(12)8(10)4-3-5-11-7(2)9;/h7-20H,5-6H2,1-4H3;8H,3-5,10H2,1-2H3,(H2,9,11);1H4. The summed E-state index contributed by atoms with van der Waals surface area (Å²) in [6.45, 7) is 11.4. The number of hydrogen-bond donors (Lipinski definition) is 6. The van der Waals surface area contributed by atoms with Crippen molar-refractivity contribution in [2.75, 3.05) is 6.54 Å². The molecule has 208 valence electrons. The second kappa shape index (κ2) is 15.9. The van der Waals surface area contributed by atoms with E-state index in [2.05, 4.69) is 4.99 Å². The molecule has 35 heavy (non-hydrogen) atoms. The predicted molar refractivity (Wildman–Crippen MR) is 137 cm³/mol. The van der Waals surface area contributed by atoms with E-state index in [1.54, 1.807) is 13.8 Å². The first-order chi connectivity index (χ1) is 15.8. The van der Waals surface area contributed by atoms with Crippen molar-refractivity contribution in [2.45, 2.75) is 124 Å². The molecule has 0 amide bonds. The number of nitrogens with zero attached hydrogens (tertiary/aromatic N) is 1. The SMILES string of the molecule is C.CC(=O)C(N)CCCN=C(C)N.CCC1OC(OC2C(C)CC(C)C(O)C2O)C(C)C(O)C1O. The summed E-state index contributed by atoms with van der Waals surface area (Å²) < 4.78 is 11.7. The number of aliphatic hydroxyl groups is 4. The van der Waals surface area contributed by atoms with Crippen molar-refractivity contribution in [1.29, 1.82) is 0 Å². The van der Waals surface area contributed by atoms with E-state index < -0.39 is 48.8 Å². The van der Waals surface area contributed by atoms with Gasteiger partial charge in [0.25, 0.3) is 0 Å². The first kappa shape index (κ1) is 33.9. The Bertz CT molecular complexity index is 645. The van der Waals surface area contributed by atoms with E-state index in [-0.39, 0.29) is 31.1 Å². The number of ketones is 1. The van der Waals surface area contributed by atoms with Gasteiger partial charge in [0.2, 0.25) is 0 Å². The number of hydrogen-bond acceptors (Lipinski definition) is 9. The normalized spacial score (nSPS) is 38.5. The van der Waals surface area contributed by atoms with E-state index in [1.807, 2.05) is 20.8 Å². The van der Waals surface area contributed by atoms with Gasteiger partial charge in [-0.25, -0.2) is 0 Å². The average Bonchev–Trinajstić information content (AvgIpc) is 2.78. The van der Waals surface area contributed by atoms with Gasteiger partial charge in [0.1, 0.15) is 18.0 Å². The Balaban J connectivity index is 0.000000764. The predicted octanol–water partition coefficient (Wildman–Crippen LogP) is 0.958. The lowest BCUT2D eigenvalue weighted by molar-refractivity contribution is -0.309. The number of ether oxygens (including phenoxy) is 2. The van der Waals surface area contributed by atoms with E-state index in [1.165, 1.54) is 6.92 Å². The van der Waals surface area contributed by atoms with Crippen LogP contribution in [-0.2, 0) is 14.3 Å². The number of aliphatic imine (C=N–C) groups is 1. The van der Waals surface area contributed by atoms with E-state index >= 15 is 0 Å². The first-order valence-electron chi connectivity index (χ1n) is 12.4. The van der Waals surface area contributed by atoms with Gasteiger partial charge in [-0.15, -0.1) is 0 Å². The molecular formula is C25H51N3O7. The van der Waals surface area contributed by atoms with Gasteiger partial charge >= 0.3 is 0 Å². The molecular weight excluding hydrogens is 454 g/mol. The highest BCUT2D eigenvalue weighted by molar-refractivity contribution is 5.81. The number of aliphatic hydroxyl groups excluding tert-OH is 4. The Morgan fingerprint density at radius 2 is 1.66 bits per heavy atom. The highest BCUT2D eigenvalue weighted by atomic mass is 16.7. The van der Waals surface area contributed by atoms with Crippen LogP contribution in [0.3, 0.4) is 0 Å². The molecule has 10 nitrogen and oxygen atoms in total. The van der Waals surface area contributed by atoms with Gasteiger partial charge < -0.3 is 41.4 Å². The average molecular weight is 506 g/mol. The molecule has 1 saturated carbocycles. The summed E-state index contributed by atoms with van der Waals surface area (Å²) in [7, 11) is 0. The Hall–Kier alpha value is -1.14. The topological polar surface area (TPSA) is 181 Å². The number of nitrogens with two attached hydrogens (primary N) is 2. The summed E-state index contributed by atoms with van der Waals surface area (Å²) in [6.07, 6.45) is -2.57. The largest absolute Gasteiger partial charge is 0.390 e. The fourth-order valence-corrected chi connectivity index (χ4v) is 4.43. The minimum Gasteiger partial charge on any atom is -0.390 e. The van der Waals surface area contributed by atoms with Crippen molar-refractivity contribution < 1.29 is 34.7 Å². The zero-order chi connectivity index (χ0) is 26.2. The molecule has 2 fully saturated rings. The summed E-state index contributed by atoms with van der Waals surface area (Å²) >= 11 is 0. The fourth-order valence-electron chi connectivity index (χ4n) is 4.43. The van der Waals surface area contributed by atoms with Gasteiger partial charge in [-0.2, -0.15) is 0 Å². The molecule has 1 saturated heterocycles. The smallest absolute Gasteiger partial charge is 0.163 e. The second-order valence-electron chi connectivity index (χ2n) is 9.95. The highest BCUT2D eigenvalue weighted by Crippen LogP contribution is 2.35. The molecule has 0 radical (unpaired) electrons. The summed E-state index contributed by atoms with van der Waals surface area (Å²) in [5, 5.41) is 40.5. The maximum absolute atomic E-state index is 10.7. The number of carbonyl (C=O) groups is 1. The van der Waals surface area contributed by atoms with Gasteiger partial charge in [-0.05, 0) is 51.4 Å². The second-order valence-corrected chi connectivity index (χ2v) is 9.95. The lowest BCUT2D eigenvalue weighted by Gasteiger charge is -2.46. The van der Waals surface area contributed by atoms with Gasteiger partial charge in [0.05, 0.1) is 36.3 Å². The molecule has 2 rings (SSSR count). The van der Waals surface area contributed by atoms with Crippen LogP contribution < -0.4 is 11.5 Å². The lowest BCUT2D eigenvalue weighted by Crippen LogP contribution is -2.58. The number of rotatable bonds is 8. The van der Waals surface area contributed by atoms with Crippen molar-refractivity contribution >= 4 is 11.6 Å². The Labute approximate surface area is 211 Å². The van der Waals surface area contributed by atoms with Crippen LogP contribution in [0, 0.1) is 17.8 Å². The molecule has 0 bridgehead atoms. The third kappa shape index (κ3) is 10.0. The number of carbonyl (C=O) groups excluding carboxylic acids is 1. The van der Waals surface area contributed by atoms with E-state index in [4.69, 9.17) is 20.9 Å². The highest BCUT2D eigenvalue weighted by Gasteiger charge is 2.46. The molecule has 8 N–H and O–H groups in total. The van der Waals surface area contributed by atoms with E-state index in [9.17, 15) is 25.2 Å². The summed E-state index contributed by atoms with van der Waals surface area (Å²) in [6, 6.07) is -0.335. The molecule has 1 aliphatic carbocycles. The van der Waals surface area contributed by atoms with Crippen LogP contribution in [0.4, 0.5) is 0 Å². The van der Waals surface area contributed by atoms with Crippen molar-refractivity contribution in [2.24, 2.45) is 34.2 Å². The number of amidine groups is 1. The van der Waals surface area contributed by atoms with Gasteiger partial charge in [-0.1, -0.05) is 35.1 Å². The molecule has 10 heteroatoms. The van der Waals surface area contributed by atoms with Crippen molar-refractivity contribution in [3.8, 4) is 0 Å². The molecule has 11 unspecified atom stereocenters. The summed E-state index contributed by atoms with van der Waals surface area (Å²) in [4.78, 5) is 14.7. The van der Waals surface area contributed by atoms with Crippen LogP contribution in [0.5, 0.6) is 0 Å². The first-order valence-corrected chi connectivity index (χ1v) is 12.4. The van der Waals surface area contributed by atoms with Gasteiger partial charge in [-0.3, -0.25) is 9.79 Å². The van der Waals surface area contributed by atoms with Gasteiger partial charge in [0.15, 0.2) is 6.29 Å².